The van der Waals surface area contributed by atoms with Crippen molar-refractivity contribution in [1.82, 2.24) is 10.3 Å². The third-order valence-electron chi connectivity index (χ3n) is 3.15. The van der Waals surface area contributed by atoms with Gasteiger partial charge in [-0.3, -0.25) is 9.78 Å². The van der Waals surface area contributed by atoms with Gasteiger partial charge in [-0.2, -0.15) is 0 Å². The maximum Gasteiger partial charge on any atom is 0.252 e. The van der Waals surface area contributed by atoms with Crippen LogP contribution < -0.4 is 5.32 Å². The van der Waals surface area contributed by atoms with Gasteiger partial charge in [-0.25, -0.2) is 0 Å². The highest BCUT2D eigenvalue weighted by atomic mass is 79.9. The molecule has 106 valence electrons. The molecule has 2 aromatic rings. The molecule has 0 radical (unpaired) electrons. The van der Waals surface area contributed by atoms with Crippen LogP contribution in [0.15, 0.2) is 30.3 Å². The fourth-order valence-corrected chi connectivity index (χ4v) is 2.50. The van der Waals surface area contributed by atoms with Crippen LogP contribution in [0.3, 0.4) is 0 Å². The lowest BCUT2D eigenvalue weighted by atomic mass is 10.1. The highest BCUT2D eigenvalue weighted by molar-refractivity contribution is 9.09. The van der Waals surface area contributed by atoms with Crippen LogP contribution >= 0.6 is 15.9 Å². The second-order valence-electron chi connectivity index (χ2n) is 5.01. The van der Waals surface area contributed by atoms with E-state index in [2.05, 4.69) is 33.2 Å². The zero-order valence-corrected chi connectivity index (χ0v) is 13.4. The van der Waals surface area contributed by atoms with Crippen molar-refractivity contribution in [3.05, 3.63) is 41.6 Å². The predicted molar refractivity (Wildman–Crippen MR) is 86.4 cm³/mol. The van der Waals surface area contributed by atoms with Gasteiger partial charge in [0.05, 0.1) is 11.1 Å². The van der Waals surface area contributed by atoms with E-state index in [0.29, 0.717) is 16.9 Å². The summed E-state index contributed by atoms with van der Waals surface area (Å²) < 4.78 is 0. The maximum atomic E-state index is 12.3. The minimum atomic E-state index is -0.0195. The molecular weight excluding hydrogens is 316 g/mol. The number of pyridine rings is 1. The first-order valence-corrected chi connectivity index (χ1v) is 7.78. The number of alkyl halides is 1. The number of aromatic nitrogens is 1. The Labute approximate surface area is 127 Å². The molecule has 4 heteroatoms. The van der Waals surface area contributed by atoms with Gasteiger partial charge in [-0.1, -0.05) is 41.1 Å². The van der Waals surface area contributed by atoms with Crippen LogP contribution in [0.1, 0.15) is 35.8 Å². The SMILES string of the molecule is Cc1cc(C(=O)NCCCC(C)Br)c2ccccc2n1. The van der Waals surface area contributed by atoms with Crippen LogP contribution in [-0.4, -0.2) is 22.3 Å². The number of nitrogens with zero attached hydrogens (tertiary/aromatic N) is 1. The van der Waals surface area contributed by atoms with Gasteiger partial charge < -0.3 is 5.32 Å². The van der Waals surface area contributed by atoms with Gasteiger partial charge in [0.15, 0.2) is 0 Å². The minimum Gasteiger partial charge on any atom is -0.352 e. The summed E-state index contributed by atoms with van der Waals surface area (Å²) in [6, 6.07) is 9.60. The van der Waals surface area contributed by atoms with Gasteiger partial charge in [0.25, 0.3) is 5.91 Å². The van der Waals surface area contributed by atoms with Gasteiger partial charge in [0.2, 0.25) is 0 Å². The fraction of sp³-hybridized carbons (Fsp3) is 0.375. The van der Waals surface area contributed by atoms with Crippen molar-refractivity contribution >= 4 is 32.7 Å². The molecule has 2 rings (SSSR count). The summed E-state index contributed by atoms with van der Waals surface area (Å²) >= 11 is 3.51. The van der Waals surface area contributed by atoms with Crippen LogP contribution in [0.4, 0.5) is 0 Å². The lowest BCUT2D eigenvalue weighted by Crippen LogP contribution is -2.25. The molecule has 1 amide bonds. The van der Waals surface area contributed by atoms with Crippen molar-refractivity contribution in [2.24, 2.45) is 0 Å². The molecule has 1 aromatic carbocycles. The number of hydrogen-bond acceptors (Lipinski definition) is 2. The first-order valence-electron chi connectivity index (χ1n) is 6.86. The monoisotopic (exact) mass is 334 g/mol. The number of rotatable bonds is 5. The molecule has 1 N–H and O–H groups in total. The largest absolute Gasteiger partial charge is 0.352 e. The Morgan fingerprint density at radius 2 is 2.15 bits per heavy atom. The quantitative estimate of drug-likeness (QED) is 0.666. The minimum absolute atomic E-state index is 0.0195. The van der Waals surface area contributed by atoms with Crippen LogP contribution in [0.2, 0.25) is 0 Å². The second kappa shape index (κ2) is 6.84. The standard InChI is InChI=1S/C16H19BrN2O/c1-11(17)6-5-9-18-16(20)14-10-12(2)19-15-8-4-3-7-13(14)15/h3-4,7-8,10-11H,5-6,9H2,1-2H3,(H,18,20). The van der Waals surface area contributed by atoms with Crippen LogP contribution in [-0.2, 0) is 0 Å². The van der Waals surface area contributed by atoms with Crippen molar-refractivity contribution in [3.8, 4) is 0 Å². The lowest BCUT2D eigenvalue weighted by molar-refractivity contribution is 0.0954. The molecule has 0 fully saturated rings. The molecule has 0 saturated heterocycles. The van der Waals surface area contributed by atoms with Gasteiger partial charge in [-0.05, 0) is 31.9 Å². The number of nitrogens with one attached hydrogen (secondary N) is 1. The van der Waals surface area contributed by atoms with Crippen molar-refractivity contribution in [2.75, 3.05) is 6.54 Å². The summed E-state index contributed by atoms with van der Waals surface area (Å²) in [4.78, 5) is 17.2. The van der Waals surface area contributed by atoms with Crippen molar-refractivity contribution < 1.29 is 4.79 Å². The molecule has 0 spiro atoms. The number of fused-ring (bicyclic) bond motifs is 1. The Balaban J connectivity index is 2.13. The molecule has 0 saturated carbocycles. The Morgan fingerprint density at radius 3 is 2.90 bits per heavy atom. The molecule has 1 unspecified atom stereocenters. The number of amides is 1. The second-order valence-corrected chi connectivity index (χ2v) is 6.57. The normalized spacial score (nSPS) is 12.3. The lowest BCUT2D eigenvalue weighted by Gasteiger charge is -2.09. The molecule has 1 atom stereocenters. The number of aryl methyl sites for hydroxylation is 1. The summed E-state index contributed by atoms with van der Waals surface area (Å²) in [5, 5.41) is 3.89. The van der Waals surface area contributed by atoms with E-state index >= 15 is 0 Å². The molecule has 0 aliphatic heterocycles. The fourth-order valence-electron chi connectivity index (χ4n) is 2.18. The molecule has 0 aliphatic rings. The molecule has 1 aromatic heterocycles. The third-order valence-corrected chi connectivity index (χ3v) is 3.61. The van der Waals surface area contributed by atoms with E-state index in [4.69, 9.17) is 0 Å². The van der Waals surface area contributed by atoms with E-state index in [1.54, 1.807) is 0 Å². The first kappa shape index (κ1) is 15.0. The zero-order chi connectivity index (χ0) is 14.5. The molecule has 1 heterocycles. The summed E-state index contributed by atoms with van der Waals surface area (Å²) in [5.74, 6) is -0.0195. The third kappa shape index (κ3) is 3.79. The summed E-state index contributed by atoms with van der Waals surface area (Å²) in [5.41, 5.74) is 2.44. The first-order chi connectivity index (χ1) is 9.58. The molecule has 3 nitrogen and oxygen atoms in total. The summed E-state index contributed by atoms with van der Waals surface area (Å²) in [6.45, 7) is 4.72. The Bertz CT molecular complexity index is 610. The van der Waals surface area contributed by atoms with E-state index in [-0.39, 0.29) is 5.91 Å². The summed E-state index contributed by atoms with van der Waals surface area (Å²) in [7, 11) is 0. The van der Waals surface area contributed by atoms with Crippen LogP contribution in [0, 0.1) is 6.92 Å². The van der Waals surface area contributed by atoms with Gasteiger partial charge in [-0.15, -0.1) is 0 Å². The average molecular weight is 335 g/mol. The summed E-state index contributed by atoms with van der Waals surface area (Å²) in [6.07, 6.45) is 2.02. The molecule has 20 heavy (non-hydrogen) atoms. The Morgan fingerprint density at radius 1 is 1.40 bits per heavy atom. The van der Waals surface area contributed by atoms with Crippen molar-refractivity contribution in [2.45, 2.75) is 31.5 Å². The Hall–Kier alpha value is -1.42. The van der Waals surface area contributed by atoms with E-state index in [1.165, 1.54) is 0 Å². The predicted octanol–water partition coefficient (Wildman–Crippen LogP) is 3.84. The average Bonchev–Trinajstić information content (AvgIpc) is 2.42. The van der Waals surface area contributed by atoms with Gasteiger partial charge in [0, 0.05) is 22.5 Å². The van der Waals surface area contributed by atoms with Crippen LogP contribution in [0.5, 0.6) is 0 Å². The zero-order valence-electron chi connectivity index (χ0n) is 11.8. The highest BCUT2D eigenvalue weighted by Gasteiger charge is 2.11. The Kier molecular flexibility index (Phi) is 5.12. The van der Waals surface area contributed by atoms with Gasteiger partial charge in [0.1, 0.15) is 0 Å². The smallest absolute Gasteiger partial charge is 0.252 e. The van der Waals surface area contributed by atoms with Crippen molar-refractivity contribution in [1.29, 1.82) is 0 Å². The molecule has 0 aliphatic carbocycles. The number of carbonyl (C=O) groups excluding carboxylic acids is 1. The van der Waals surface area contributed by atoms with Gasteiger partial charge >= 0.3 is 0 Å². The topological polar surface area (TPSA) is 42.0 Å². The van der Waals surface area contributed by atoms with E-state index < -0.39 is 0 Å². The van der Waals surface area contributed by atoms with E-state index in [0.717, 1.165) is 29.4 Å². The number of benzene rings is 1. The number of carbonyl (C=O) groups is 1. The highest BCUT2D eigenvalue weighted by Crippen LogP contribution is 2.18. The molecule has 0 bridgehead atoms. The number of para-hydroxylation sites is 1. The number of halogens is 1. The van der Waals surface area contributed by atoms with Crippen molar-refractivity contribution in [3.63, 3.8) is 0 Å². The van der Waals surface area contributed by atoms with E-state index in [9.17, 15) is 4.79 Å². The van der Waals surface area contributed by atoms with E-state index in [1.807, 2.05) is 37.3 Å². The van der Waals surface area contributed by atoms with Crippen LogP contribution in [0.25, 0.3) is 10.9 Å². The number of hydrogen-bond donors (Lipinski definition) is 1. The maximum absolute atomic E-state index is 12.3. The molecular formula is C16H19BrN2O.